The Morgan fingerprint density at radius 1 is 1.15 bits per heavy atom. The van der Waals surface area contributed by atoms with Gasteiger partial charge in [-0.3, -0.25) is 0 Å². The van der Waals surface area contributed by atoms with Crippen LogP contribution in [0.25, 0.3) is 0 Å². The van der Waals surface area contributed by atoms with E-state index in [9.17, 15) is 13.5 Å². The molecule has 1 fully saturated rings. The molecule has 0 atom stereocenters. The molecule has 1 aliphatic carbocycles. The number of aromatic hydroxyl groups is 1. The molecule has 0 aliphatic heterocycles. The third kappa shape index (κ3) is 4.33. The van der Waals surface area contributed by atoms with E-state index < -0.39 is 9.84 Å². The van der Waals surface area contributed by atoms with E-state index in [1.807, 2.05) is 19.1 Å². The molecule has 2 aromatic rings. The standard InChI is InChI=1S/C20H23ClO4S/c1-14-6-5-9-17(21)20(14)25-16-10-11-18(22)19(12-16)26(23,24)13-15-7-3-2-4-8-15/h5-6,9-12,15,22H,2-4,7-8,13H2,1H3. The Balaban J connectivity index is 1.87. The minimum atomic E-state index is -3.59. The van der Waals surface area contributed by atoms with E-state index in [-0.39, 0.29) is 22.3 Å². The maximum Gasteiger partial charge on any atom is 0.182 e. The molecule has 140 valence electrons. The Kier molecular flexibility index (Phi) is 5.78. The zero-order valence-corrected chi connectivity index (χ0v) is 16.3. The molecule has 4 nitrogen and oxygen atoms in total. The van der Waals surface area contributed by atoms with Gasteiger partial charge >= 0.3 is 0 Å². The number of halogens is 1. The van der Waals surface area contributed by atoms with Crippen molar-refractivity contribution in [3.63, 3.8) is 0 Å². The van der Waals surface area contributed by atoms with Gasteiger partial charge in [-0.25, -0.2) is 8.42 Å². The van der Waals surface area contributed by atoms with Crippen molar-refractivity contribution >= 4 is 21.4 Å². The van der Waals surface area contributed by atoms with Crippen molar-refractivity contribution in [2.75, 3.05) is 5.75 Å². The monoisotopic (exact) mass is 394 g/mol. The van der Waals surface area contributed by atoms with E-state index >= 15 is 0 Å². The number of phenols is 1. The van der Waals surface area contributed by atoms with Gasteiger partial charge < -0.3 is 9.84 Å². The summed E-state index contributed by atoms with van der Waals surface area (Å²) in [7, 11) is -3.59. The molecule has 26 heavy (non-hydrogen) atoms. The first-order chi connectivity index (χ1) is 12.4. The summed E-state index contributed by atoms with van der Waals surface area (Å²) < 4.78 is 31.4. The van der Waals surface area contributed by atoms with E-state index in [1.165, 1.54) is 24.6 Å². The highest BCUT2D eigenvalue weighted by molar-refractivity contribution is 7.91. The van der Waals surface area contributed by atoms with Crippen LogP contribution in [-0.4, -0.2) is 19.3 Å². The Morgan fingerprint density at radius 3 is 2.58 bits per heavy atom. The maximum atomic E-state index is 12.8. The number of rotatable bonds is 5. The molecule has 3 rings (SSSR count). The van der Waals surface area contributed by atoms with Crippen LogP contribution >= 0.6 is 11.6 Å². The SMILES string of the molecule is Cc1cccc(Cl)c1Oc1ccc(O)c(S(=O)(=O)CC2CCCCC2)c1. The van der Waals surface area contributed by atoms with E-state index in [4.69, 9.17) is 16.3 Å². The molecule has 0 bridgehead atoms. The fourth-order valence-corrected chi connectivity index (χ4v) is 5.50. The van der Waals surface area contributed by atoms with Crippen LogP contribution in [-0.2, 0) is 9.84 Å². The Bertz CT molecular complexity index is 866. The highest BCUT2D eigenvalue weighted by Gasteiger charge is 2.26. The van der Waals surface area contributed by atoms with Crippen molar-refractivity contribution in [2.24, 2.45) is 5.92 Å². The lowest BCUT2D eigenvalue weighted by Gasteiger charge is -2.21. The van der Waals surface area contributed by atoms with E-state index in [2.05, 4.69) is 0 Å². The van der Waals surface area contributed by atoms with Crippen LogP contribution in [0.2, 0.25) is 5.02 Å². The highest BCUT2D eigenvalue weighted by atomic mass is 35.5. The average Bonchev–Trinajstić information content (AvgIpc) is 2.60. The molecule has 0 spiro atoms. The largest absolute Gasteiger partial charge is 0.507 e. The van der Waals surface area contributed by atoms with Gasteiger partial charge in [-0.05, 0) is 49.4 Å². The maximum absolute atomic E-state index is 12.8. The van der Waals surface area contributed by atoms with Gasteiger partial charge in [-0.1, -0.05) is 43.0 Å². The fraction of sp³-hybridized carbons (Fsp3) is 0.400. The van der Waals surface area contributed by atoms with Crippen LogP contribution in [0.5, 0.6) is 17.2 Å². The second kappa shape index (κ2) is 7.89. The molecule has 0 saturated heterocycles. The normalized spacial score (nSPS) is 15.8. The third-order valence-electron chi connectivity index (χ3n) is 4.83. The number of ether oxygens (including phenoxy) is 1. The molecule has 1 aliphatic rings. The summed E-state index contributed by atoms with van der Waals surface area (Å²) in [6, 6.07) is 9.68. The average molecular weight is 395 g/mol. The number of aryl methyl sites for hydroxylation is 1. The number of para-hydroxylation sites is 1. The summed E-state index contributed by atoms with van der Waals surface area (Å²) in [5.41, 5.74) is 0.845. The first kappa shape index (κ1) is 19.1. The van der Waals surface area contributed by atoms with E-state index in [0.717, 1.165) is 31.2 Å². The predicted octanol–water partition coefficient (Wildman–Crippen LogP) is 5.50. The van der Waals surface area contributed by atoms with Crippen LogP contribution in [0.4, 0.5) is 0 Å². The van der Waals surface area contributed by atoms with Crippen LogP contribution in [0, 0.1) is 12.8 Å². The van der Waals surface area contributed by atoms with Crippen molar-refractivity contribution in [1.29, 1.82) is 0 Å². The first-order valence-corrected chi connectivity index (χ1v) is 10.9. The Morgan fingerprint density at radius 2 is 1.88 bits per heavy atom. The molecular formula is C20H23ClO4S. The van der Waals surface area contributed by atoms with E-state index in [0.29, 0.717) is 16.5 Å². The lowest BCUT2D eigenvalue weighted by Crippen LogP contribution is -2.19. The van der Waals surface area contributed by atoms with Crippen molar-refractivity contribution in [3.8, 4) is 17.2 Å². The molecule has 1 N–H and O–H groups in total. The molecule has 6 heteroatoms. The van der Waals surface area contributed by atoms with Crippen LogP contribution in [0.3, 0.4) is 0 Å². The minimum absolute atomic E-state index is 0.0646. The minimum Gasteiger partial charge on any atom is -0.507 e. The predicted molar refractivity (Wildman–Crippen MR) is 103 cm³/mol. The molecule has 0 aromatic heterocycles. The van der Waals surface area contributed by atoms with Crippen LogP contribution < -0.4 is 4.74 Å². The number of sulfone groups is 1. The smallest absolute Gasteiger partial charge is 0.182 e. The molecule has 0 unspecified atom stereocenters. The number of hydrogen-bond donors (Lipinski definition) is 1. The second-order valence-corrected chi connectivity index (χ2v) is 9.31. The van der Waals surface area contributed by atoms with Gasteiger partial charge in [-0.2, -0.15) is 0 Å². The fourth-order valence-electron chi connectivity index (χ4n) is 3.42. The second-order valence-electron chi connectivity index (χ2n) is 6.90. The highest BCUT2D eigenvalue weighted by Crippen LogP contribution is 2.36. The summed E-state index contributed by atoms with van der Waals surface area (Å²) >= 11 is 6.18. The summed E-state index contributed by atoms with van der Waals surface area (Å²) in [4.78, 5) is -0.0784. The Labute approximate surface area is 159 Å². The van der Waals surface area contributed by atoms with Gasteiger partial charge in [0.15, 0.2) is 9.84 Å². The molecule has 0 heterocycles. The van der Waals surface area contributed by atoms with E-state index in [1.54, 1.807) is 6.07 Å². The zero-order valence-electron chi connectivity index (χ0n) is 14.7. The van der Waals surface area contributed by atoms with Crippen molar-refractivity contribution in [3.05, 3.63) is 47.0 Å². The quantitative estimate of drug-likeness (QED) is 0.727. The van der Waals surface area contributed by atoms with Gasteiger partial charge in [-0.15, -0.1) is 0 Å². The van der Waals surface area contributed by atoms with Gasteiger partial charge in [0.05, 0.1) is 10.8 Å². The number of hydrogen-bond acceptors (Lipinski definition) is 4. The molecule has 0 amide bonds. The summed E-state index contributed by atoms with van der Waals surface area (Å²) in [6.45, 7) is 1.86. The summed E-state index contributed by atoms with van der Waals surface area (Å²) in [6.07, 6.45) is 5.16. The topological polar surface area (TPSA) is 63.6 Å². The van der Waals surface area contributed by atoms with Crippen LogP contribution in [0.15, 0.2) is 41.3 Å². The van der Waals surface area contributed by atoms with Crippen molar-refractivity contribution < 1.29 is 18.3 Å². The molecular weight excluding hydrogens is 372 g/mol. The van der Waals surface area contributed by atoms with Gasteiger partial charge in [0, 0.05) is 6.07 Å². The van der Waals surface area contributed by atoms with Crippen molar-refractivity contribution in [1.82, 2.24) is 0 Å². The number of phenolic OH excluding ortho intramolecular Hbond substituents is 1. The Hall–Kier alpha value is -1.72. The lowest BCUT2D eigenvalue weighted by atomic mass is 9.91. The van der Waals surface area contributed by atoms with Crippen molar-refractivity contribution in [2.45, 2.75) is 43.9 Å². The summed E-state index contributed by atoms with van der Waals surface area (Å²) in [5.74, 6) is 0.791. The molecule has 2 aromatic carbocycles. The molecule has 0 radical (unpaired) electrons. The molecule has 1 saturated carbocycles. The zero-order chi connectivity index (χ0) is 18.7. The summed E-state index contributed by atoms with van der Waals surface area (Å²) in [5, 5.41) is 10.6. The van der Waals surface area contributed by atoms with Gasteiger partial charge in [0.2, 0.25) is 0 Å². The van der Waals surface area contributed by atoms with Crippen LogP contribution in [0.1, 0.15) is 37.7 Å². The first-order valence-electron chi connectivity index (χ1n) is 8.85. The number of benzene rings is 2. The lowest BCUT2D eigenvalue weighted by molar-refractivity contribution is 0.384. The third-order valence-corrected chi connectivity index (χ3v) is 7.03. The van der Waals surface area contributed by atoms with Gasteiger partial charge in [0.1, 0.15) is 22.1 Å². The van der Waals surface area contributed by atoms with Gasteiger partial charge in [0.25, 0.3) is 0 Å².